The van der Waals surface area contributed by atoms with Crippen molar-refractivity contribution in [2.45, 2.75) is 31.8 Å². The maximum absolute atomic E-state index is 11.2. The van der Waals surface area contributed by atoms with Gasteiger partial charge in [-0.15, -0.1) is 0 Å². The van der Waals surface area contributed by atoms with Gasteiger partial charge in [-0.3, -0.25) is 9.59 Å². The summed E-state index contributed by atoms with van der Waals surface area (Å²) in [5, 5.41) is 10.8. The zero-order valence-corrected chi connectivity index (χ0v) is 10.5. The molecular formula is C9H18N2O5S. The Hall–Kier alpha value is -1.15. The average molecular weight is 266 g/mol. The molecule has 0 saturated carbocycles. The van der Waals surface area contributed by atoms with Crippen LogP contribution >= 0.6 is 0 Å². The predicted molar refractivity (Wildman–Crippen MR) is 61.9 cm³/mol. The first-order chi connectivity index (χ1) is 7.70. The van der Waals surface area contributed by atoms with E-state index in [2.05, 4.69) is 5.32 Å². The normalized spacial score (nSPS) is 13.1. The van der Waals surface area contributed by atoms with Gasteiger partial charge in [0.2, 0.25) is 5.91 Å². The highest BCUT2D eigenvalue weighted by Crippen LogP contribution is 1.98. The Balaban J connectivity index is 3.77. The van der Waals surface area contributed by atoms with Crippen molar-refractivity contribution >= 4 is 21.7 Å². The predicted octanol–water partition coefficient (Wildman–Crippen LogP) is -0.923. The molecule has 8 heteroatoms. The van der Waals surface area contributed by atoms with Crippen LogP contribution in [0.2, 0.25) is 0 Å². The lowest BCUT2D eigenvalue weighted by Gasteiger charge is -2.12. The van der Waals surface area contributed by atoms with Crippen molar-refractivity contribution in [1.29, 1.82) is 0 Å². The summed E-state index contributed by atoms with van der Waals surface area (Å²) in [5.74, 6) is -1.58. The molecule has 0 fully saturated rings. The molecule has 0 aliphatic heterocycles. The number of nitrogens with two attached hydrogens (primary N) is 1. The van der Waals surface area contributed by atoms with Crippen molar-refractivity contribution in [3.8, 4) is 0 Å². The first-order valence-corrected chi connectivity index (χ1v) is 7.21. The standard InChI is InChI=1S/C9H18N2O5S/c1-17(15,16)6-5-8(12)11-7(10)3-2-4-9(13)14/h7H,2-6,10H2,1H3,(H,11,12)(H,13,14). The van der Waals surface area contributed by atoms with E-state index in [-0.39, 0.29) is 18.6 Å². The Labute approximate surface area is 100 Å². The molecule has 0 radical (unpaired) electrons. The third-order valence-electron chi connectivity index (χ3n) is 1.95. The third-order valence-corrected chi connectivity index (χ3v) is 2.90. The van der Waals surface area contributed by atoms with E-state index in [0.717, 1.165) is 6.26 Å². The Kier molecular flexibility index (Phi) is 6.74. The molecule has 0 aliphatic rings. The van der Waals surface area contributed by atoms with Gasteiger partial charge >= 0.3 is 5.97 Å². The molecule has 100 valence electrons. The number of carboxylic acid groups (broad SMARTS) is 1. The molecule has 7 nitrogen and oxygen atoms in total. The van der Waals surface area contributed by atoms with Crippen LogP contribution in [0.1, 0.15) is 25.7 Å². The molecule has 0 heterocycles. The minimum Gasteiger partial charge on any atom is -0.481 e. The number of carbonyl (C=O) groups excluding carboxylic acids is 1. The topological polar surface area (TPSA) is 127 Å². The van der Waals surface area contributed by atoms with Crippen LogP contribution in [0.15, 0.2) is 0 Å². The number of hydrogen-bond donors (Lipinski definition) is 3. The van der Waals surface area contributed by atoms with E-state index in [9.17, 15) is 18.0 Å². The van der Waals surface area contributed by atoms with Crippen LogP contribution in [0.25, 0.3) is 0 Å². The quantitative estimate of drug-likeness (QED) is 0.487. The fraction of sp³-hybridized carbons (Fsp3) is 0.778. The lowest BCUT2D eigenvalue weighted by Crippen LogP contribution is -2.41. The minimum absolute atomic E-state index is 0.00703. The maximum atomic E-state index is 11.2. The van der Waals surface area contributed by atoms with Crippen molar-refractivity contribution in [1.82, 2.24) is 5.32 Å². The minimum atomic E-state index is -3.16. The van der Waals surface area contributed by atoms with Crippen LogP contribution in [0.5, 0.6) is 0 Å². The smallest absolute Gasteiger partial charge is 0.303 e. The molecule has 0 bridgehead atoms. The van der Waals surface area contributed by atoms with E-state index in [1.165, 1.54) is 0 Å². The van der Waals surface area contributed by atoms with E-state index < -0.39 is 27.9 Å². The van der Waals surface area contributed by atoms with E-state index in [0.29, 0.717) is 12.8 Å². The number of amides is 1. The Morgan fingerprint density at radius 2 is 1.94 bits per heavy atom. The molecule has 0 aliphatic carbocycles. The van der Waals surface area contributed by atoms with Crippen LogP contribution < -0.4 is 11.1 Å². The Morgan fingerprint density at radius 3 is 2.41 bits per heavy atom. The molecule has 0 aromatic rings. The van der Waals surface area contributed by atoms with Gasteiger partial charge < -0.3 is 16.2 Å². The van der Waals surface area contributed by atoms with Crippen LogP contribution in [0, 0.1) is 0 Å². The number of hydrogen-bond acceptors (Lipinski definition) is 5. The molecule has 1 amide bonds. The van der Waals surface area contributed by atoms with Crippen molar-refractivity contribution < 1.29 is 23.1 Å². The van der Waals surface area contributed by atoms with Crippen LogP contribution in [-0.4, -0.2) is 43.6 Å². The number of rotatable bonds is 8. The van der Waals surface area contributed by atoms with Crippen LogP contribution in [0.4, 0.5) is 0 Å². The van der Waals surface area contributed by atoms with E-state index in [1.807, 2.05) is 0 Å². The SMILES string of the molecule is CS(=O)(=O)CCC(=O)NC(N)CCCC(=O)O. The van der Waals surface area contributed by atoms with Gasteiger partial charge in [0.05, 0.1) is 11.9 Å². The number of aliphatic carboxylic acids is 1. The molecule has 0 aromatic carbocycles. The van der Waals surface area contributed by atoms with Gasteiger partial charge in [-0.2, -0.15) is 0 Å². The summed E-state index contributed by atoms with van der Waals surface area (Å²) in [7, 11) is -3.16. The summed E-state index contributed by atoms with van der Waals surface area (Å²) in [6, 6.07) is 0. The maximum Gasteiger partial charge on any atom is 0.303 e. The number of sulfone groups is 1. The molecule has 0 aromatic heterocycles. The molecule has 0 rings (SSSR count). The number of carbonyl (C=O) groups is 2. The van der Waals surface area contributed by atoms with Crippen molar-refractivity contribution in [3.05, 3.63) is 0 Å². The van der Waals surface area contributed by atoms with E-state index >= 15 is 0 Å². The Morgan fingerprint density at radius 1 is 1.35 bits per heavy atom. The fourth-order valence-electron chi connectivity index (χ4n) is 1.10. The number of carboxylic acids is 1. The zero-order valence-electron chi connectivity index (χ0n) is 9.68. The first-order valence-electron chi connectivity index (χ1n) is 5.15. The summed E-state index contributed by atoms with van der Waals surface area (Å²) in [5.41, 5.74) is 5.53. The van der Waals surface area contributed by atoms with Gasteiger partial charge in [0, 0.05) is 19.1 Å². The highest BCUT2D eigenvalue weighted by Gasteiger charge is 2.11. The van der Waals surface area contributed by atoms with Gasteiger partial charge in [0.1, 0.15) is 9.84 Å². The monoisotopic (exact) mass is 266 g/mol. The van der Waals surface area contributed by atoms with Gasteiger partial charge in [-0.1, -0.05) is 0 Å². The lowest BCUT2D eigenvalue weighted by molar-refractivity contribution is -0.137. The Bertz CT molecular complexity index is 366. The summed E-state index contributed by atoms with van der Waals surface area (Å²) < 4.78 is 21.6. The third kappa shape index (κ3) is 11.1. The van der Waals surface area contributed by atoms with Gasteiger partial charge in [-0.25, -0.2) is 8.42 Å². The summed E-state index contributed by atoms with van der Waals surface area (Å²) in [6.07, 6.45) is 0.979. The molecule has 1 unspecified atom stereocenters. The second-order valence-corrected chi connectivity index (χ2v) is 6.10. The lowest BCUT2D eigenvalue weighted by atomic mass is 10.2. The van der Waals surface area contributed by atoms with Gasteiger partial charge in [0.25, 0.3) is 0 Å². The first kappa shape index (κ1) is 15.9. The van der Waals surface area contributed by atoms with E-state index in [4.69, 9.17) is 10.8 Å². The molecule has 4 N–H and O–H groups in total. The zero-order chi connectivity index (χ0) is 13.5. The summed E-state index contributed by atoms with van der Waals surface area (Å²) in [4.78, 5) is 21.4. The highest BCUT2D eigenvalue weighted by atomic mass is 32.2. The van der Waals surface area contributed by atoms with Gasteiger partial charge in [0.15, 0.2) is 0 Å². The van der Waals surface area contributed by atoms with Crippen molar-refractivity contribution in [2.24, 2.45) is 5.73 Å². The van der Waals surface area contributed by atoms with Crippen LogP contribution in [-0.2, 0) is 19.4 Å². The molecule has 1 atom stereocenters. The van der Waals surface area contributed by atoms with Crippen molar-refractivity contribution in [3.63, 3.8) is 0 Å². The number of nitrogens with one attached hydrogen (secondary N) is 1. The highest BCUT2D eigenvalue weighted by molar-refractivity contribution is 7.90. The van der Waals surface area contributed by atoms with Crippen LogP contribution in [0.3, 0.4) is 0 Å². The second-order valence-electron chi connectivity index (χ2n) is 3.84. The molecule has 0 saturated heterocycles. The largest absolute Gasteiger partial charge is 0.481 e. The van der Waals surface area contributed by atoms with Crippen molar-refractivity contribution in [2.75, 3.05) is 12.0 Å². The molecule has 17 heavy (non-hydrogen) atoms. The summed E-state index contributed by atoms with van der Waals surface area (Å²) >= 11 is 0. The van der Waals surface area contributed by atoms with E-state index in [1.54, 1.807) is 0 Å². The molecule has 0 spiro atoms. The fourth-order valence-corrected chi connectivity index (χ4v) is 1.66. The average Bonchev–Trinajstić information content (AvgIpc) is 2.13. The summed E-state index contributed by atoms with van der Waals surface area (Å²) in [6.45, 7) is 0. The van der Waals surface area contributed by atoms with Gasteiger partial charge in [-0.05, 0) is 12.8 Å². The second kappa shape index (κ2) is 7.23. The molecular weight excluding hydrogens is 248 g/mol.